The zero-order chi connectivity index (χ0) is 19.3. The number of nitrogens with zero attached hydrogens (tertiary/aromatic N) is 2. The Morgan fingerprint density at radius 3 is 2.33 bits per heavy atom. The molecule has 0 aliphatic carbocycles. The van der Waals surface area contributed by atoms with Gasteiger partial charge >= 0.3 is 0 Å². The summed E-state index contributed by atoms with van der Waals surface area (Å²) in [5.74, 6) is -0.422. The van der Waals surface area contributed by atoms with E-state index in [0.717, 1.165) is 10.0 Å². The lowest BCUT2D eigenvalue weighted by molar-refractivity contribution is -0.126. The maximum atomic E-state index is 12.6. The summed E-state index contributed by atoms with van der Waals surface area (Å²) in [5, 5.41) is 3.99. The molecule has 1 aliphatic rings. The molecule has 2 aromatic carbocycles. The Kier molecular flexibility index (Phi) is 6.41. The summed E-state index contributed by atoms with van der Waals surface area (Å²) < 4.78 is 27.6. The monoisotopic (exact) mass is 449 g/mol. The smallest absolute Gasteiger partial charge is 0.243 e. The van der Waals surface area contributed by atoms with Crippen molar-refractivity contribution in [3.63, 3.8) is 0 Å². The van der Waals surface area contributed by atoms with E-state index in [2.05, 4.69) is 26.5 Å². The van der Waals surface area contributed by atoms with Gasteiger partial charge in [0.25, 0.3) is 0 Å². The summed E-state index contributed by atoms with van der Waals surface area (Å²) in [5.41, 5.74) is 3.43. The maximum absolute atomic E-state index is 12.6. The molecule has 1 aliphatic heterocycles. The highest BCUT2D eigenvalue weighted by atomic mass is 79.9. The molecule has 1 amide bonds. The molecule has 0 saturated carbocycles. The number of benzene rings is 2. The van der Waals surface area contributed by atoms with Crippen LogP contribution in [-0.2, 0) is 14.8 Å². The summed E-state index contributed by atoms with van der Waals surface area (Å²) in [6.45, 7) is 0.650. The van der Waals surface area contributed by atoms with E-state index in [9.17, 15) is 13.2 Å². The van der Waals surface area contributed by atoms with Gasteiger partial charge in [-0.25, -0.2) is 13.8 Å². The predicted octanol–water partition coefficient (Wildman–Crippen LogP) is 3.00. The summed E-state index contributed by atoms with van der Waals surface area (Å²) in [4.78, 5) is 12.6. The molecule has 1 N–H and O–H groups in total. The number of halogens is 1. The van der Waals surface area contributed by atoms with Gasteiger partial charge in [0, 0.05) is 23.5 Å². The van der Waals surface area contributed by atoms with Crippen molar-refractivity contribution < 1.29 is 13.2 Å². The number of hydrogen-bond donors (Lipinski definition) is 1. The molecule has 0 spiro atoms. The lowest BCUT2D eigenvalue weighted by Crippen LogP contribution is -2.42. The number of amides is 1. The first-order valence-corrected chi connectivity index (χ1v) is 10.8. The Labute approximate surface area is 167 Å². The van der Waals surface area contributed by atoms with Crippen LogP contribution in [0.5, 0.6) is 0 Å². The lowest BCUT2D eigenvalue weighted by Gasteiger charge is -2.30. The van der Waals surface area contributed by atoms with E-state index in [1.165, 1.54) is 4.31 Å². The SMILES string of the molecule is O=C(NN=Cc1ccc(Br)cc1)C1CCN(S(=O)(=O)c2ccccc2)CC1. The standard InChI is InChI=1S/C19H20BrN3O3S/c20-17-8-6-15(7-9-17)14-21-22-19(24)16-10-12-23(13-11-16)27(25,26)18-4-2-1-3-5-18/h1-9,14,16H,10-13H2,(H,22,24). The molecule has 6 nitrogen and oxygen atoms in total. The van der Waals surface area contributed by atoms with Crippen molar-refractivity contribution >= 4 is 38.1 Å². The van der Waals surface area contributed by atoms with Crippen LogP contribution in [0.3, 0.4) is 0 Å². The first-order chi connectivity index (χ1) is 13.0. The number of hydrazone groups is 1. The molecular formula is C19H20BrN3O3S. The largest absolute Gasteiger partial charge is 0.273 e. The first kappa shape index (κ1) is 19.7. The summed E-state index contributed by atoms with van der Waals surface area (Å²) in [7, 11) is -3.50. The number of carbonyl (C=O) groups is 1. The second-order valence-electron chi connectivity index (χ2n) is 6.28. The minimum atomic E-state index is -3.50. The highest BCUT2D eigenvalue weighted by Gasteiger charge is 2.31. The van der Waals surface area contributed by atoms with Crippen molar-refractivity contribution in [3.05, 3.63) is 64.6 Å². The number of sulfonamides is 1. The molecule has 27 heavy (non-hydrogen) atoms. The Bertz CT molecular complexity index is 907. The average Bonchev–Trinajstić information content (AvgIpc) is 2.70. The third kappa shape index (κ3) is 5.03. The van der Waals surface area contributed by atoms with Crippen LogP contribution in [0.1, 0.15) is 18.4 Å². The van der Waals surface area contributed by atoms with E-state index in [0.29, 0.717) is 25.9 Å². The topological polar surface area (TPSA) is 78.8 Å². The molecule has 1 heterocycles. The van der Waals surface area contributed by atoms with Crippen LogP contribution >= 0.6 is 15.9 Å². The van der Waals surface area contributed by atoms with Gasteiger partial charge in [0.15, 0.2) is 0 Å². The third-order valence-corrected chi connectivity index (χ3v) is 6.91. The second-order valence-corrected chi connectivity index (χ2v) is 9.13. The quantitative estimate of drug-likeness (QED) is 0.562. The molecule has 0 bridgehead atoms. The molecule has 0 radical (unpaired) electrons. The molecule has 1 fully saturated rings. The fourth-order valence-corrected chi connectivity index (χ4v) is 4.67. The van der Waals surface area contributed by atoms with E-state index in [1.807, 2.05) is 24.3 Å². The third-order valence-electron chi connectivity index (χ3n) is 4.46. The van der Waals surface area contributed by atoms with Gasteiger partial charge in [-0.2, -0.15) is 9.41 Å². The van der Waals surface area contributed by atoms with Gasteiger partial charge in [-0.1, -0.05) is 46.3 Å². The van der Waals surface area contributed by atoms with Crippen LogP contribution in [-0.4, -0.2) is 37.9 Å². The van der Waals surface area contributed by atoms with E-state index in [1.54, 1.807) is 36.5 Å². The highest BCUT2D eigenvalue weighted by Crippen LogP contribution is 2.23. The van der Waals surface area contributed by atoms with Crippen molar-refractivity contribution in [1.82, 2.24) is 9.73 Å². The Morgan fingerprint density at radius 1 is 1.07 bits per heavy atom. The number of carbonyl (C=O) groups excluding carboxylic acids is 1. The Balaban J connectivity index is 1.53. The van der Waals surface area contributed by atoms with E-state index < -0.39 is 10.0 Å². The number of hydrogen-bond acceptors (Lipinski definition) is 4. The van der Waals surface area contributed by atoms with Gasteiger partial charge in [-0.3, -0.25) is 4.79 Å². The molecule has 0 atom stereocenters. The van der Waals surface area contributed by atoms with Crippen molar-refractivity contribution in [2.45, 2.75) is 17.7 Å². The predicted molar refractivity (Wildman–Crippen MR) is 108 cm³/mol. The van der Waals surface area contributed by atoms with Gasteiger partial charge in [0.2, 0.25) is 15.9 Å². The molecule has 8 heteroatoms. The fourth-order valence-electron chi connectivity index (χ4n) is 2.91. The number of nitrogens with one attached hydrogen (secondary N) is 1. The Morgan fingerprint density at radius 2 is 1.70 bits per heavy atom. The molecule has 2 aromatic rings. The van der Waals surface area contributed by atoms with Crippen LogP contribution in [0.15, 0.2) is 69.1 Å². The Hall–Kier alpha value is -2.03. The molecular weight excluding hydrogens is 430 g/mol. The van der Waals surface area contributed by atoms with E-state index >= 15 is 0 Å². The van der Waals surface area contributed by atoms with Gasteiger partial charge < -0.3 is 0 Å². The van der Waals surface area contributed by atoms with Crippen LogP contribution in [0.4, 0.5) is 0 Å². The minimum Gasteiger partial charge on any atom is -0.273 e. The molecule has 1 saturated heterocycles. The minimum absolute atomic E-state index is 0.180. The lowest BCUT2D eigenvalue weighted by atomic mass is 9.98. The number of rotatable bonds is 5. The zero-order valence-corrected chi connectivity index (χ0v) is 17.0. The molecule has 3 rings (SSSR count). The molecule has 0 unspecified atom stereocenters. The summed E-state index contributed by atoms with van der Waals surface area (Å²) in [6.07, 6.45) is 2.54. The van der Waals surface area contributed by atoms with Crippen molar-refractivity contribution in [1.29, 1.82) is 0 Å². The van der Waals surface area contributed by atoms with Crippen LogP contribution < -0.4 is 5.43 Å². The molecule has 142 valence electrons. The van der Waals surface area contributed by atoms with Crippen molar-refractivity contribution in [2.75, 3.05) is 13.1 Å². The number of piperidine rings is 1. The molecule has 0 aromatic heterocycles. The van der Waals surface area contributed by atoms with E-state index in [-0.39, 0.29) is 16.7 Å². The van der Waals surface area contributed by atoms with Crippen LogP contribution in [0.2, 0.25) is 0 Å². The van der Waals surface area contributed by atoms with Crippen molar-refractivity contribution in [2.24, 2.45) is 11.0 Å². The summed E-state index contributed by atoms with van der Waals surface area (Å²) >= 11 is 3.36. The van der Waals surface area contributed by atoms with Crippen LogP contribution in [0.25, 0.3) is 0 Å². The summed E-state index contributed by atoms with van der Waals surface area (Å²) in [6, 6.07) is 15.9. The van der Waals surface area contributed by atoms with Crippen LogP contribution in [0, 0.1) is 5.92 Å². The highest BCUT2D eigenvalue weighted by molar-refractivity contribution is 9.10. The fraction of sp³-hybridized carbons (Fsp3) is 0.263. The second kappa shape index (κ2) is 8.77. The average molecular weight is 450 g/mol. The van der Waals surface area contributed by atoms with Crippen molar-refractivity contribution in [3.8, 4) is 0 Å². The van der Waals surface area contributed by atoms with Gasteiger partial charge in [-0.05, 0) is 42.7 Å². The van der Waals surface area contributed by atoms with Gasteiger partial charge in [0.1, 0.15) is 0 Å². The van der Waals surface area contributed by atoms with Gasteiger partial charge in [0.05, 0.1) is 11.1 Å². The van der Waals surface area contributed by atoms with Gasteiger partial charge in [-0.15, -0.1) is 0 Å². The normalized spacial score (nSPS) is 16.5. The zero-order valence-electron chi connectivity index (χ0n) is 14.6. The first-order valence-electron chi connectivity index (χ1n) is 8.60. The maximum Gasteiger partial charge on any atom is 0.243 e. The van der Waals surface area contributed by atoms with E-state index in [4.69, 9.17) is 0 Å².